The van der Waals surface area contributed by atoms with E-state index in [-0.39, 0.29) is 11.9 Å². The van der Waals surface area contributed by atoms with E-state index in [0.717, 1.165) is 18.1 Å². The van der Waals surface area contributed by atoms with Crippen molar-refractivity contribution >= 4 is 23.5 Å². The molecule has 0 aliphatic carbocycles. The van der Waals surface area contributed by atoms with Crippen LogP contribution in [0.4, 0.5) is 5.82 Å². The number of H-pyrrole nitrogens is 1. The van der Waals surface area contributed by atoms with Gasteiger partial charge in [-0.05, 0) is 6.92 Å². The Kier molecular flexibility index (Phi) is 2.86. The number of aromatic amines is 1. The number of carbonyl (C=O) groups is 1. The summed E-state index contributed by atoms with van der Waals surface area (Å²) in [5.74, 6) is 2.32. The van der Waals surface area contributed by atoms with Gasteiger partial charge in [0.1, 0.15) is 11.4 Å². The Bertz CT molecular complexity index is 365. The number of hydrogen-bond donors (Lipinski definition) is 2. The van der Waals surface area contributed by atoms with Gasteiger partial charge in [0.15, 0.2) is 0 Å². The van der Waals surface area contributed by atoms with Gasteiger partial charge in [-0.1, -0.05) is 0 Å². The lowest BCUT2D eigenvalue weighted by Gasteiger charge is -2.32. The van der Waals surface area contributed by atoms with Crippen LogP contribution in [-0.4, -0.2) is 45.1 Å². The molecule has 82 valence electrons. The highest BCUT2D eigenvalue weighted by Gasteiger charge is 2.26. The Balaban J connectivity index is 2.17. The molecule has 2 heterocycles. The molecule has 1 unspecified atom stereocenters. The zero-order chi connectivity index (χ0) is 10.8. The van der Waals surface area contributed by atoms with Crippen LogP contribution in [0.25, 0.3) is 0 Å². The molecule has 0 bridgehead atoms. The summed E-state index contributed by atoms with van der Waals surface area (Å²) in [5, 5.41) is 6.34. The van der Waals surface area contributed by atoms with E-state index in [4.69, 9.17) is 5.73 Å². The maximum absolute atomic E-state index is 12.1. The molecular weight excluding hydrogens is 212 g/mol. The number of hydrogen-bond acceptors (Lipinski definition) is 4. The number of anilines is 1. The van der Waals surface area contributed by atoms with E-state index in [0.29, 0.717) is 11.4 Å². The molecule has 6 heteroatoms. The van der Waals surface area contributed by atoms with Gasteiger partial charge in [0.2, 0.25) is 0 Å². The molecule has 0 aromatic carbocycles. The van der Waals surface area contributed by atoms with E-state index < -0.39 is 0 Å². The van der Waals surface area contributed by atoms with E-state index in [1.54, 1.807) is 0 Å². The highest BCUT2D eigenvalue weighted by atomic mass is 32.2. The third-order valence-corrected chi connectivity index (χ3v) is 3.72. The summed E-state index contributed by atoms with van der Waals surface area (Å²) in [7, 11) is 0. The molecule has 0 saturated carbocycles. The molecule has 1 fully saturated rings. The van der Waals surface area contributed by atoms with E-state index in [1.807, 2.05) is 16.7 Å². The molecule has 0 spiro atoms. The van der Waals surface area contributed by atoms with Crippen LogP contribution in [-0.2, 0) is 0 Å². The van der Waals surface area contributed by atoms with Crippen LogP contribution in [0.1, 0.15) is 17.3 Å². The van der Waals surface area contributed by atoms with E-state index in [1.165, 1.54) is 6.20 Å². The van der Waals surface area contributed by atoms with Crippen LogP contribution in [0.2, 0.25) is 0 Å². The molecular formula is C9H14N4OS. The average Bonchev–Trinajstić information content (AvgIpc) is 2.64. The van der Waals surface area contributed by atoms with Gasteiger partial charge in [-0.2, -0.15) is 16.9 Å². The summed E-state index contributed by atoms with van der Waals surface area (Å²) in [5.41, 5.74) is 6.10. The number of nitrogens with two attached hydrogens (primary N) is 1. The van der Waals surface area contributed by atoms with Crippen molar-refractivity contribution in [2.45, 2.75) is 13.0 Å². The first kappa shape index (κ1) is 10.4. The van der Waals surface area contributed by atoms with E-state index in [9.17, 15) is 4.79 Å². The van der Waals surface area contributed by atoms with Crippen LogP contribution in [0.3, 0.4) is 0 Å². The molecule has 1 aromatic heterocycles. The SMILES string of the molecule is CC1CSCCN1C(=O)c1cn[nH]c1N. The molecule has 1 aromatic rings. The summed E-state index contributed by atoms with van der Waals surface area (Å²) in [6.07, 6.45) is 1.49. The lowest BCUT2D eigenvalue weighted by Crippen LogP contribution is -2.44. The number of amides is 1. The lowest BCUT2D eigenvalue weighted by atomic mass is 10.2. The number of thioether (sulfide) groups is 1. The Morgan fingerprint density at radius 2 is 2.60 bits per heavy atom. The first-order valence-electron chi connectivity index (χ1n) is 4.87. The third kappa shape index (κ3) is 1.94. The van der Waals surface area contributed by atoms with Crippen LogP contribution in [0, 0.1) is 0 Å². The van der Waals surface area contributed by atoms with Gasteiger partial charge in [0.05, 0.1) is 6.20 Å². The fourth-order valence-electron chi connectivity index (χ4n) is 1.65. The minimum Gasteiger partial charge on any atom is -0.383 e. The number of nitrogens with zero attached hydrogens (tertiary/aromatic N) is 2. The van der Waals surface area contributed by atoms with Crippen LogP contribution < -0.4 is 5.73 Å². The summed E-state index contributed by atoms with van der Waals surface area (Å²) in [4.78, 5) is 13.9. The van der Waals surface area contributed by atoms with Gasteiger partial charge in [0.25, 0.3) is 5.91 Å². The second-order valence-electron chi connectivity index (χ2n) is 3.62. The van der Waals surface area contributed by atoms with Crippen LogP contribution in [0.5, 0.6) is 0 Å². The van der Waals surface area contributed by atoms with Gasteiger partial charge < -0.3 is 10.6 Å². The highest BCUT2D eigenvalue weighted by molar-refractivity contribution is 7.99. The maximum atomic E-state index is 12.1. The molecule has 2 rings (SSSR count). The predicted octanol–water partition coefficient (Wildman–Crippen LogP) is 0.569. The van der Waals surface area contributed by atoms with Gasteiger partial charge in [-0.25, -0.2) is 0 Å². The molecule has 1 amide bonds. The number of aromatic nitrogens is 2. The van der Waals surface area contributed by atoms with E-state index in [2.05, 4.69) is 17.1 Å². The Labute approximate surface area is 92.4 Å². The fraction of sp³-hybridized carbons (Fsp3) is 0.556. The standard InChI is InChI=1S/C9H14N4OS/c1-6-5-15-3-2-13(6)9(14)7-4-11-12-8(7)10/h4,6H,2-3,5H2,1H3,(H3,10,11,12). The minimum absolute atomic E-state index is 0.0194. The average molecular weight is 226 g/mol. The van der Waals surface area contributed by atoms with E-state index >= 15 is 0 Å². The van der Waals surface area contributed by atoms with Crippen molar-refractivity contribution in [1.82, 2.24) is 15.1 Å². The molecule has 1 aliphatic rings. The monoisotopic (exact) mass is 226 g/mol. The van der Waals surface area contributed by atoms with Crippen molar-refractivity contribution in [2.24, 2.45) is 0 Å². The molecule has 5 nitrogen and oxygen atoms in total. The van der Waals surface area contributed by atoms with Gasteiger partial charge in [0, 0.05) is 24.1 Å². The second kappa shape index (κ2) is 4.14. The first-order chi connectivity index (χ1) is 7.20. The molecule has 0 radical (unpaired) electrons. The van der Waals surface area contributed by atoms with Crippen molar-refractivity contribution in [3.8, 4) is 0 Å². The highest BCUT2D eigenvalue weighted by Crippen LogP contribution is 2.19. The fourth-order valence-corrected chi connectivity index (χ4v) is 2.66. The maximum Gasteiger partial charge on any atom is 0.259 e. The van der Waals surface area contributed by atoms with Crippen LogP contribution in [0.15, 0.2) is 6.20 Å². The van der Waals surface area contributed by atoms with Crippen molar-refractivity contribution < 1.29 is 4.79 Å². The zero-order valence-electron chi connectivity index (χ0n) is 8.56. The topological polar surface area (TPSA) is 75.0 Å². The summed E-state index contributed by atoms with van der Waals surface area (Å²) in [6, 6.07) is 0.269. The number of nitrogen functional groups attached to an aromatic ring is 1. The lowest BCUT2D eigenvalue weighted by molar-refractivity contribution is 0.0717. The molecule has 15 heavy (non-hydrogen) atoms. The quantitative estimate of drug-likeness (QED) is 0.734. The number of rotatable bonds is 1. The molecule has 1 saturated heterocycles. The predicted molar refractivity (Wildman–Crippen MR) is 60.8 cm³/mol. The van der Waals surface area contributed by atoms with Crippen molar-refractivity contribution in [3.05, 3.63) is 11.8 Å². The minimum atomic E-state index is -0.0194. The summed E-state index contributed by atoms with van der Waals surface area (Å²) < 4.78 is 0. The Hall–Kier alpha value is -1.17. The molecule has 1 aliphatic heterocycles. The molecule has 3 N–H and O–H groups in total. The zero-order valence-corrected chi connectivity index (χ0v) is 9.38. The summed E-state index contributed by atoms with van der Waals surface area (Å²) >= 11 is 1.88. The normalized spacial score (nSPS) is 21.7. The Morgan fingerprint density at radius 3 is 3.20 bits per heavy atom. The van der Waals surface area contributed by atoms with Gasteiger partial charge in [-0.15, -0.1) is 0 Å². The van der Waals surface area contributed by atoms with Crippen LogP contribution >= 0.6 is 11.8 Å². The van der Waals surface area contributed by atoms with Gasteiger partial charge in [-0.3, -0.25) is 9.89 Å². The summed E-state index contributed by atoms with van der Waals surface area (Å²) in [6.45, 7) is 2.84. The van der Waals surface area contributed by atoms with Crippen molar-refractivity contribution in [3.63, 3.8) is 0 Å². The second-order valence-corrected chi connectivity index (χ2v) is 4.77. The smallest absolute Gasteiger partial charge is 0.259 e. The number of nitrogens with one attached hydrogen (secondary N) is 1. The largest absolute Gasteiger partial charge is 0.383 e. The molecule has 1 atom stereocenters. The number of carbonyl (C=O) groups excluding carboxylic acids is 1. The third-order valence-electron chi connectivity index (χ3n) is 2.53. The van der Waals surface area contributed by atoms with Crippen molar-refractivity contribution in [1.29, 1.82) is 0 Å². The Morgan fingerprint density at radius 1 is 1.80 bits per heavy atom. The first-order valence-corrected chi connectivity index (χ1v) is 6.03. The van der Waals surface area contributed by atoms with Gasteiger partial charge >= 0.3 is 0 Å². The van der Waals surface area contributed by atoms with Crippen molar-refractivity contribution in [2.75, 3.05) is 23.8 Å².